The van der Waals surface area contributed by atoms with Crippen molar-refractivity contribution >= 4 is 45.3 Å². The number of carbonyl (C=O) groups excluding carboxylic acids is 2. The first kappa shape index (κ1) is 21.2. The quantitative estimate of drug-likeness (QED) is 0.469. The zero-order chi connectivity index (χ0) is 21.7. The predicted octanol–water partition coefficient (Wildman–Crippen LogP) is 4.82. The molecule has 0 saturated carbocycles. The molecule has 0 saturated heterocycles. The molecule has 0 bridgehead atoms. The second-order valence-electron chi connectivity index (χ2n) is 6.45. The molecule has 4 N–H and O–H groups in total. The summed E-state index contributed by atoms with van der Waals surface area (Å²) in [5, 5.41) is 6.46. The summed E-state index contributed by atoms with van der Waals surface area (Å²) in [6.45, 7) is 3.91. The van der Waals surface area contributed by atoms with Crippen LogP contribution < -0.4 is 21.1 Å². The van der Waals surface area contributed by atoms with Crippen LogP contribution in [-0.2, 0) is 4.74 Å². The summed E-state index contributed by atoms with van der Waals surface area (Å²) in [7, 11) is 1.55. The van der Waals surface area contributed by atoms with E-state index in [1.165, 1.54) is 0 Å². The number of nitrogens with two attached hydrogens (primary N) is 1. The van der Waals surface area contributed by atoms with Crippen LogP contribution in [0.25, 0.3) is 0 Å². The van der Waals surface area contributed by atoms with Crippen molar-refractivity contribution in [2.75, 3.05) is 30.1 Å². The Morgan fingerprint density at radius 3 is 2.50 bits per heavy atom. The predicted molar refractivity (Wildman–Crippen MR) is 120 cm³/mol. The number of hydrogen-bond acceptors (Lipinski definition) is 7. The molecule has 1 heterocycles. The third-order valence-electron chi connectivity index (χ3n) is 4.27. The molecule has 0 fully saturated rings. The van der Waals surface area contributed by atoms with Gasteiger partial charge in [-0.05, 0) is 38.1 Å². The number of methoxy groups -OCH3 is 1. The van der Waals surface area contributed by atoms with Crippen molar-refractivity contribution in [2.24, 2.45) is 0 Å². The molecule has 0 aliphatic rings. The topological polar surface area (TPSA) is 103 Å². The number of ether oxygens (including phenoxy) is 2. The fourth-order valence-electron chi connectivity index (χ4n) is 2.77. The monoisotopic (exact) mass is 425 g/mol. The Morgan fingerprint density at radius 1 is 1.10 bits per heavy atom. The minimum atomic E-state index is -0.563. The molecule has 0 aliphatic carbocycles. The number of nitrogens with one attached hydrogen (secondary N) is 2. The first-order chi connectivity index (χ1) is 14.4. The van der Waals surface area contributed by atoms with Crippen LogP contribution >= 0.6 is 11.3 Å². The molecule has 30 heavy (non-hydrogen) atoms. The SMILES string of the molecule is CCOC(=O)c1sc(Nc2ccc(C)cc2)c(C(=O)Nc2cccc(OC)c2)c1N. The molecule has 3 aromatic rings. The van der Waals surface area contributed by atoms with Gasteiger partial charge < -0.3 is 25.8 Å². The van der Waals surface area contributed by atoms with Gasteiger partial charge in [0, 0.05) is 17.4 Å². The van der Waals surface area contributed by atoms with Crippen LogP contribution in [0.15, 0.2) is 48.5 Å². The lowest BCUT2D eigenvalue weighted by molar-refractivity contribution is 0.0533. The van der Waals surface area contributed by atoms with Crippen LogP contribution in [0.5, 0.6) is 5.75 Å². The molecule has 0 atom stereocenters. The highest BCUT2D eigenvalue weighted by Gasteiger charge is 2.26. The summed E-state index contributed by atoms with van der Waals surface area (Å²) in [4.78, 5) is 25.6. The van der Waals surface area contributed by atoms with Gasteiger partial charge in [-0.15, -0.1) is 11.3 Å². The van der Waals surface area contributed by atoms with Gasteiger partial charge in [0.05, 0.1) is 25.0 Å². The molecule has 1 amide bonds. The molecule has 0 radical (unpaired) electrons. The summed E-state index contributed by atoms with van der Waals surface area (Å²) in [5.74, 6) is -0.397. The Balaban J connectivity index is 1.97. The highest BCUT2D eigenvalue weighted by Crippen LogP contribution is 2.38. The van der Waals surface area contributed by atoms with Crippen molar-refractivity contribution in [3.05, 3.63) is 64.5 Å². The van der Waals surface area contributed by atoms with E-state index in [9.17, 15) is 9.59 Å². The zero-order valence-corrected chi connectivity index (χ0v) is 17.8. The van der Waals surface area contributed by atoms with Gasteiger partial charge in [0.2, 0.25) is 0 Å². The van der Waals surface area contributed by atoms with E-state index in [1.54, 1.807) is 38.3 Å². The van der Waals surface area contributed by atoms with Crippen molar-refractivity contribution in [3.8, 4) is 5.75 Å². The van der Waals surface area contributed by atoms with Crippen LogP contribution in [-0.4, -0.2) is 25.6 Å². The van der Waals surface area contributed by atoms with Crippen LogP contribution in [0, 0.1) is 6.92 Å². The number of thiophene rings is 1. The van der Waals surface area contributed by atoms with Gasteiger partial charge in [-0.25, -0.2) is 4.79 Å². The number of amides is 1. The molecule has 156 valence electrons. The van der Waals surface area contributed by atoms with E-state index in [1.807, 2.05) is 31.2 Å². The molecule has 7 nitrogen and oxygen atoms in total. The lowest BCUT2D eigenvalue weighted by atomic mass is 10.2. The third kappa shape index (κ3) is 4.72. The van der Waals surface area contributed by atoms with Crippen molar-refractivity contribution in [1.82, 2.24) is 0 Å². The highest BCUT2D eigenvalue weighted by atomic mass is 32.1. The molecule has 0 aliphatic heterocycles. The van der Waals surface area contributed by atoms with Crippen molar-refractivity contribution in [2.45, 2.75) is 13.8 Å². The van der Waals surface area contributed by atoms with Crippen LogP contribution in [0.2, 0.25) is 0 Å². The number of anilines is 4. The van der Waals surface area contributed by atoms with Gasteiger partial charge in [-0.1, -0.05) is 23.8 Å². The minimum Gasteiger partial charge on any atom is -0.497 e. The number of aryl methyl sites for hydroxylation is 1. The lowest BCUT2D eigenvalue weighted by Crippen LogP contribution is -2.15. The third-order valence-corrected chi connectivity index (χ3v) is 5.37. The average Bonchev–Trinajstić information content (AvgIpc) is 3.06. The Labute approximate surface area is 178 Å². The summed E-state index contributed by atoms with van der Waals surface area (Å²) >= 11 is 1.08. The molecule has 0 unspecified atom stereocenters. The maximum atomic E-state index is 13.1. The molecule has 0 spiro atoms. The maximum Gasteiger partial charge on any atom is 0.350 e. The minimum absolute atomic E-state index is 0.0773. The van der Waals surface area contributed by atoms with E-state index >= 15 is 0 Å². The maximum absolute atomic E-state index is 13.1. The fraction of sp³-hybridized carbons (Fsp3) is 0.182. The fourth-order valence-corrected chi connectivity index (χ4v) is 3.80. The van der Waals surface area contributed by atoms with Crippen molar-refractivity contribution < 1.29 is 19.1 Å². The summed E-state index contributed by atoms with van der Waals surface area (Å²) in [6.07, 6.45) is 0. The number of esters is 1. The van der Waals surface area contributed by atoms with Crippen LogP contribution in [0.4, 0.5) is 22.1 Å². The zero-order valence-electron chi connectivity index (χ0n) is 16.9. The number of nitrogen functional groups attached to an aromatic ring is 1. The van der Waals surface area contributed by atoms with E-state index < -0.39 is 11.9 Å². The molecular weight excluding hydrogens is 402 g/mol. The Hall–Kier alpha value is -3.52. The van der Waals surface area contributed by atoms with Crippen molar-refractivity contribution in [1.29, 1.82) is 0 Å². The van der Waals surface area contributed by atoms with Gasteiger partial charge >= 0.3 is 5.97 Å². The van der Waals surface area contributed by atoms with E-state index in [0.29, 0.717) is 16.4 Å². The number of benzene rings is 2. The first-order valence-electron chi connectivity index (χ1n) is 9.31. The highest BCUT2D eigenvalue weighted by molar-refractivity contribution is 7.19. The smallest absolute Gasteiger partial charge is 0.350 e. The van der Waals surface area contributed by atoms with Gasteiger partial charge in [-0.2, -0.15) is 0 Å². The summed E-state index contributed by atoms with van der Waals surface area (Å²) < 4.78 is 10.3. The normalized spacial score (nSPS) is 10.4. The van der Waals surface area contributed by atoms with E-state index in [0.717, 1.165) is 22.6 Å². The average molecular weight is 426 g/mol. The molecule has 8 heteroatoms. The molecular formula is C22H23N3O4S. The van der Waals surface area contributed by atoms with Gasteiger partial charge in [0.15, 0.2) is 0 Å². The summed E-state index contributed by atoms with van der Waals surface area (Å²) in [5.41, 5.74) is 8.89. The van der Waals surface area contributed by atoms with Gasteiger partial charge in [0.1, 0.15) is 15.6 Å². The van der Waals surface area contributed by atoms with Gasteiger partial charge in [0.25, 0.3) is 5.91 Å². The first-order valence-corrected chi connectivity index (χ1v) is 10.1. The van der Waals surface area contributed by atoms with E-state index in [2.05, 4.69) is 10.6 Å². The van der Waals surface area contributed by atoms with Crippen LogP contribution in [0.3, 0.4) is 0 Å². The van der Waals surface area contributed by atoms with E-state index in [-0.39, 0.29) is 22.7 Å². The number of carbonyl (C=O) groups is 2. The second-order valence-corrected chi connectivity index (χ2v) is 7.47. The van der Waals surface area contributed by atoms with Crippen LogP contribution in [0.1, 0.15) is 32.5 Å². The second kappa shape index (κ2) is 9.32. The molecule has 3 rings (SSSR count). The van der Waals surface area contributed by atoms with Gasteiger partial charge in [-0.3, -0.25) is 4.79 Å². The Kier molecular flexibility index (Phi) is 6.58. The standard InChI is InChI=1S/C22H23N3O4S/c1-4-29-22(27)19-18(23)17(20(26)24-15-6-5-7-16(12-15)28-3)21(30-19)25-14-10-8-13(2)9-11-14/h5-12,25H,4,23H2,1-3H3,(H,24,26). The number of hydrogen-bond donors (Lipinski definition) is 3. The Bertz CT molecular complexity index is 1060. The number of rotatable bonds is 7. The molecule has 2 aromatic carbocycles. The van der Waals surface area contributed by atoms with Crippen molar-refractivity contribution in [3.63, 3.8) is 0 Å². The largest absolute Gasteiger partial charge is 0.497 e. The van der Waals surface area contributed by atoms with E-state index in [4.69, 9.17) is 15.2 Å². The Morgan fingerprint density at radius 2 is 1.83 bits per heavy atom. The summed E-state index contributed by atoms with van der Waals surface area (Å²) in [6, 6.07) is 14.6. The molecule has 1 aromatic heterocycles. The lowest BCUT2D eigenvalue weighted by Gasteiger charge is -2.10.